The molecule has 160 valence electrons. The van der Waals surface area contributed by atoms with Crippen molar-refractivity contribution in [1.29, 1.82) is 0 Å². The van der Waals surface area contributed by atoms with E-state index in [0.29, 0.717) is 23.0 Å². The van der Waals surface area contributed by atoms with Gasteiger partial charge in [0.25, 0.3) is 0 Å². The maximum absolute atomic E-state index is 12.5. The Balaban J connectivity index is 1.58. The van der Waals surface area contributed by atoms with Crippen LogP contribution in [-0.4, -0.2) is 35.7 Å². The van der Waals surface area contributed by atoms with E-state index in [1.54, 1.807) is 12.1 Å². The molecule has 1 aliphatic carbocycles. The number of hydrogen-bond donors (Lipinski definition) is 2. The zero-order valence-electron chi connectivity index (χ0n) is 16.5. The van der Waals surface area contributed by atoms with Crippen LogP contribution in [0.2, 0.25) is 0 Å². The van der Waals surface area contributed by atoms with E-state index in [1.165, 1.54) is 0 Å². The van der Waals surface area contributed by atoms with Crippen LogP contribution in [0.4, 0.5) is 0 Å². The lowest BCUT2D eigenvalue weighted by molar-refractivity contribution is -0.713. The van der Waals surface area contributed by atoms with E-state index in [2.05, 4.69) is 0 Å². The smallest absolute Gasteiger partial charge is 0.314 e. The molecule has 0 fully saturated rings. The van der Waals surface area contributed by atoms with Gasteiger partial charge in [-0.2, -0.15) is 4.57 Å². The molecule has 4 aliphatic heterocycles. The lowest BCUT2D eigenvalue weighted by Crippen LogP contribution is -2.62. The third-order valence-corrected chi connectivity index (χ3v) is 6.98. The Morgan fingerprint density at radius 2 is 1.38 bits per heavy atom. The molecule has 9 heteroatoms. The van der Waals surface area contributed by atoms with Crippen molar-refractivity contribution in [2.24, 2.45) is 11.8 Å². The molecule has 8 rings (SSSR count). The molecule has 5 aliphatic rings. The van der Waals surface area contributed by atoms with Crippen LogP contribution in [0.25, 0.3) is 10.9 Å². The Kier molecular flexibility index (Phi) is 3.21. The number of rotatable bonds is 2. The van der Waals surface area contributed by atoms with E-state index in [4.69, 9.17) is 18.9 Å². The Labute approximate surface area is 180 Å². The van der Waals surface area contributed by atoms with Crippen LogP contribution in [-0.2, 0) is 9.59 Å². The summed E-state index contributed by atoms with van der Waals surface area (Å²) in [6, 6.07) is 10.3. The Bertz CT molecular complexity index is 1380. The Morgan fingerprint density at radius 3 is 2.03 bits per heavy atom. The highest BCUT2D eigenvalue weighted by Crippen LogP contribution is 2.55. The fourth-order valence-electron chi connectivity index (χ4n) is 5.76. The molecule has 5 heterocycles. The summed E-state index contributed by atoms with van der Waals surface area (Å²) in [5.74, 6) is -2.92. The van der Waals surface area contributed by atoms with Crippen molar-refractivity contribution < 1.29 is 43.3 Å². The van der Waals surface area contributed by atoms with Gasteiger partial charge in [-0.05, 0) is 29.8 Å². The molecule has 4 atom stereocenters. The Hall–Kier alpha value is -4.01. The van der Waals surface area contributed by atoms with Gasteiger partial charge < -0.3 is 29.2 Å². The van der Waals surface area contributed by atoms with Crippen LogP contribution in [0.15, 0.2) is 36.4 Å². The van der Waals surface area contributed by atoms with Crippen molar-refractivity contribution in [3.8, 4) is 23.0 Å². The molecule has 2 bridgehead atoms. The largest absolute Gasteiger partial charge is 0.481 e. The van der Waals surface area contributed by atoms with Gasteiger partial charge >= 0.3 is 11.9 Å². The normalized spacial score (nSPS) is 25.5. The molecule has 0 spiro atoms. The first-order valence-electron chi connectivity index (χ1n) is 10.2. The van der Waals surface area contributed by atoms with Gasteiger partial charge in [0.1, 0.15) is 5.92 Å². The number of benzene rings is 2. The second-order valence-electron chi connectivity index (χ2n) is 8.38. The maximum Gasteiger partial charge on any atom is 0.314 e. The molecule has 0 saturated carbocycles. The average Bonchev–Trinajstić information content (AvgIpc) is 3.43. The predicted octanol–water partition coefficient (Wildman–Crippen LogP) is 2.03. The van der Waals surface area contributed by atoms with E-state index >= 15 is 0 Å². The lowest BCUT2D eigenvalue weighted by Gasteiger charge is -2.42. The number of nitrogens with zero attached hydrogens (tertiary/aromatic N) is 1. The van der Waals surface area contributed by atoms with Crippen molar-refractivity contribution in [1.82, 2.24) is 0 Å². The van der Waals surface area contributed by atoms with Crippen LogP contribution < -0.4 is 23.5 Å². The monoisotopic (exact) mass is 434 g/mol. The van der Waals surface area contributed by atoms with Crippen molar-refractivity contribution >= 4 is 22.8 Å². The number of fused-ring (bicyclic) bond motifs is 4. The second-order valence-corrected chi connectivity index (χ2v) is 8.38. The van der Waals surface area contributed by atoms with Crippen LogP contribution in [0.1, 0.15) is 28.8 Å². The van der Waals surface area contributed by atoms with E-state index in [9.17, 15) is 19.8 Å². The van der Waals surface area contributed by atoms with Crippen molar-refractivity contribution in [3.05, 3.63) is 53.2 Å². The van der Waals surface area contributed by atoms with Gasteiger partial charge in [0.2, 0.25) is 19.1 Å². The number of carboxylic acid groups (broad SMARTS) is 2. The predicted molar refractivity (Wildman–Crippen MR) is 105 cm³/mol. The standard InChI is InChI=1S/C23H15NO8/c25-22(26)19-18-10-4-15-16(31-8-30-15)5-11(10)21(20(19)23(27)28)24-12(18)2-1-9-3-14-17(6-13(9)24)32-7-29-14/h1-6,18-21H,7-8H2,(H-,25,26,27,28)/p+1/t18-,19+,20-,21-/m0/s1. The molecule has 0 amide bonds. The molecule has 0 saturated heterocycles. The molecule has 32 heavy (non-hydrogen) atoms. The third kappa shape index (κ3) is 2.05. The summed E-state index contributed by atoms with van der Waals surface area (Å²) in [5, 5.41) is 21.1. The summed E-state index contributed by atoms with van der Waals surface area (Å²) in [5.41, 5.74) is 3.02. The summed E-state index contributed by atoms with van der Waals surface area (Å²) in [6.45, 7) is 0.195. The lowest BCUT2D eigenvalue weighted by atomic mass is 9.61. The summed E-state index contributed by atoms with van der Waals surface area (Å²) in [4.78, 5) is 24.8. The topological polar surface area (TPSA) is 115 Å². The maximum atomic E-state index is 12.5. The second kappa shape index (κ2) is 5.82. The Morgan fingerprint density at radius 1 is 0.781 bits per heavy atom. The summed E-state index contributed by atoms with van der Waals surface area (Å²) >= 11 is 0. The molecule has 3 aromatic rings. The number of carboxylic acids is 2. The number of hydrogen-bond acceptors (Lipinski definition) is 6. The summed E-state index contributed by atoms with van der Waals surface area (Å²) < 4.78 is 24.1. The summed E-state index contributed by atoms with van der Waals surface area (Å²) in [6.07, 6.45) is 0. The minimum absolute atomic E-state index is 0.0742. The first kappa shape index (κ1) is 17.6. The van der Waals surface area contributed by atoms with Crippen molar-refractivity contribution in [2.45, 2.75) is 12.0 Å². The number of carbonyl (C=O) groups is 2. The first-order valence-corrected chi connectivity index (χ1v) is 10.2. The zero-order valence-corrected chi connectivity index (χ0v) is 16.5. The highest BCUT2D eigenvalue weighted by molar-refractivity contribution is 5.85. The first-order chi connectivity index (χ1) is 15.5. The SMILES string of the molecule is O=C(O)[C@@H]1[C@H]2c3cc4c(cc3[C@@H]([C@H]1C(=O)O)[n+]1c2ccc2cc3c(cc21)OCO3)OCO4. The van der Waals surface area contributed by atoms with Crippen molar-refractivity contribution in [2.75, 3.05) is 13.6 Å². The molecular weight excluding hydrogens is 418 g/mol. The van der Waals surface area contributed by atoms with Crippen LogP contribution in [0, 0.1) is 11.8 Å². The average molecular weight is 434 g/mol. The number of ether oxygens (including phenoxy) is 4. The zero-order chi connectivity index (χ0) is 21.7. The highest BCUT2D eigenvalue weighted by Gasteiger charge is 2.62. The number of aliphatic carboxylic acids is 2. The van der Waals surface area contributed by atoms with E-state index in [-0.39, 0.29) is 13.6 Å². The number of aromatic nitrogens is 1. The molecule has 2 aromatic carbocycles. The van der Waals surface area contributed by atoms with Gasteiger partial charge in [0.05, 0.1) is 23.3 Å². The van der Waals surface area contributed by atoms with E-state index in [1.807, 2.05) is 28.8 Å². The van der Waals surface area contributed by atoms with Gasteiger partial charge in [-0.3, -0.25) is 9.59 Å². The number of pyridine rings is 1. The molecular formula is C23H16NO8+. The summed E-state index contributed by atoms with van der Waals surface area (Å²) in [7, 11) is 0. The third-order valence-electron chi connectivity index (χ3n) is 6.98. The van der Waals surface area contributed by atoms with Gasteiger partial charge in [0.15, 0.2) is 34.7 Å². The van der Waals surface area contributed by atoms with Gasteiger partial charge in [0, 0.05) is 11.6 Å². The van der Waals surface area contributed by atoms with Crippen molar-refractivity contribution in [3.63, 3.8) is 0 Å². The minimum Gasteiger partial charge on any atom is -0.481 e. The molecule has 0 unspecified atom stereocenters. The minimum atomic E-state index is -1.15. The quantitative estimate of drug-likeness (QED) is 0.589. The fourth-order valence-corrected chi connectivity index (χ4v) is 5.76. The van der Waals surface area contributed by atoms with E-state index in [0.717, 1.165) is 27.7 Å². The molecule has 2 N–H and O–H groups in total. The molecule has 9 nitrogen and oxygen atoms in total. The van der Waals surface area contributed by atoms with Gasteiger partial charge in [-0.15, -0.1) is 0 Å². The van der Waals surface area contributed by atoms with Crippen LogP contribution in [0.3, 0.4) is 0 Å². The van der Waals surface area contributed by atoms with Gasteiger partial charge in [-0.25, -0.2) is 0 Å². The molecule has 1 aromatic heterocycles. The van der Waals surface area contributed by atoms with E-state index < -0.39 is 35.7 Å². The highest BCUT2D eigenvalue weighted by atomic mass is 16.7. The fraction of sp³-hybridized carbons (Fsp3) is 0.261. The molecule has 0 radical (unpaired) electrons. The van der Waals surface area contributed by atoms with Crippen LogP contribution >= 0.6 is 0 Å². The van der Waals surface area contributed by atoms with Crippen LogP contribution in [0.5, 0.6) is 23.0 Å². The van der Waals surface area contributed by atoms with Gasteiger partial charge in [-0.1, -0.05) is 0 Å².